The zero-order chi connectivity index (χ0) is 17.0. The Morgan fingerprint density at radius 2 is 2.09 bits per heavy atom. The van der Waals surface area contributed by atoms with Gasteiger partial charge in [0, 0.05) is 32.5 Å². The predicted octanol–water partition coefficient (Wildman–Crippen LogP) is 1.95. The van der Waals surface area contributed by atoms with Crippen LogP contribution in [0.5, 0.6) is 0 Å². The minimum absolute atomic E-state index is 0.0563. The molecule has 0 saturated carbocycles. The van der Waals surface area contributed by atoms with Crippen LogP contribution >= 0.6 is 0 Å². The highest BCUT2D eigenvalue weighted by atomic mass is 16.6. The minimum atomic E-state index is -0.533. The number of hydrogen-bond acceptors (Lipinski definition) is 5. The molecule has 1 aromatic rings. The fourth-order valence-electron chi connectivity index (χ4n) is 2.51. The molecule has 0 radical (unpaired) electrons. The Kier molecular flexibility index (Phi) is 5.18. The molecule has 2 rings (SSSR count). The van der Waals surface area contributed by atoms with E-state index < -0.39 is 5.60 Å². The lowest BCUT2D eigenvalue weighted by atomic mass is 10.0. The smallest absolute Gasteiger partial charge is 0.410 e. The van der Waals surface area contributed by atoms with Crippen LogP contribution in [-0.4, -0.2) is 63.5 Å². The summed E-state index contributed by atoms with van der Waals surface area (Å²) in [4.78, 5) is 35.9. The molecule has 1 atom stereocenters. The summed E-state index contributed by atoms with van der Waals surface area (Å²) in [5.41, 5.74) is -0.206. The van der Waals surface area contributed by atoms with Gasteiger partial charge < -0.3 is 14.5 Å². The van der Waals surface area contributed by atoms with E-state index in [0.717, 1.165) is 12.8 Å². The molecule has 1 aromatic heterocycles. The molecule has 0 aromatic carbocycles. The van der Waals surface area contributed by atoms with Gasteiger partial charge in [-0.25, -0.2) is 9.78 Å². The number of carbonyl (C=O) groups excluding carboxylic acids is 2. The summed E-state index contributed by atoms with van der Waals surface area (Å²) in [6, 6.07) is -0.0563. The monoisotopic (exact) mass is 320 g/mol. The Hall–Kier alpha value is -2.18. The number of nitrogens with zero attached hydrogens (tertiary/aromatic N) is 4. The number of hydrogen-bond donors (Lipinski definition) is 0. The van der Waals surface area contributed by atoms with Gasteiger partial charge >= 0.3 is 6.09 Å². The second-order valence-electron chi connectivity index (χ2n) is 6.73. The van der Waals surface area contributed by atoms with Crippen molar-refractivity contribution in [2.45, 2.75) is 45.3 Å². The van der Waals surface area contributed by atoms with Crippen molar-refractivity contribution in [3.8, 4) is 0 Å². The summed E-state index contributed by atoms with van der Waals surface area (Å²) in [7, 11) is 1.72. The van der Waals surface area contributed by atoms with Crippen LogP contribution in [0.15, 0.2) is 18.6 Å². The first kappa shape index (κ1) is 17.2. The van der Waals surface area contributed by atoms with E-state index in [1.54, 1.807) is 16.8 Å². The molecule has 126 valence electrons. The van der Waals surface area contributed by atoms with Gasteiger partial charge in [-0.2, -0.15) is 0 Å². The van der Waals surface area contributed by atoms with E-state index in [1.807, 2.05) is 20.8 Å². The maximum atomic E-state index is 12.5. The van der Waals surface area contributed by atoms with E-state index in [-0.39, 0.29) is 18.0 Å². The fourth-order valence-corrected chi connectivity index (χ4v) is 2.51. The Morgan fingerprint density at radius 3 is 2.70 bits per heavy atom. The van der Waals surface area contributed by atoms with Crippen LogP contribution in [0, 0.1) is 0 Å². The molecular formula is C16H24N4O3. The highest BCUT2D eigenvalue weighted by Crippen LogP contribution is 2.19. The number of rotatable bonds is 2. The molecule has 0 N–H and O–H groups in total. The molecule has 0 aliphatic carbocycles. The van der Waals surface area contributed by atoms with Gasteiger partial charge in [-0.15, -0.1) is 0 Å². The van der Waals surface area contributed by atoms with Crippen LogP contribution in [0.25, 0.3) is 0 Å². The van der Waals surface area contributed by atoms with Crippen LogP contribution in [0.1, 0.15) is 44.1 Å². The van der Waals surface area contributed by atoms with Crippen molar-refractivity contribution < 1.29 is 14.3 Å². The zero-order valence-corrected chi connectivity index (χ0v) is 14.2. The van der Waals surface area contributed by atoms with Crippen molar-refractivity contribution in [1.29, 1.82) is 0 Å². The van der Waals surface area contributed by atoms with Gasteiger partial charge in [0.15, 0.2) is 0 Å². The Bertz CT molecular complexity index is 556. The Labute approximate surface area is 136 Å². The van der Waals surface area contributed by atoms with Gasteiger partial charge in [0.25, 0.3) is 5.91 Å². The van der Waals surface area contributed by atoms with E-state index in [4.69, 9.17) is 4.74 Å². The maximum absolute atomic E-state index is 12.5. The number of carbonyl (C=O) groups is 2. The van der Waals surface area contributed by atoms with Crippen LogP contribution in [-0.2, 0) is 4.74 Å². The van der Waals surface area contributed by atoms with Gasteiger partial charge in [-0.3, -0.25) is 9.78 Å². The molecule has 7 heteroatoms. The average Bonchev–Trinajstić information content (AvgIpc) is 2.52. The Balaban J connectivity index is 2.00. The quantitative estimate of drug-likeness (QED) is 0.832. The Morgan fingerprint density at radius 1 is 1.35 bits per heavy atom. The zero-order valence-electron chi connectivity index (χ0n) is 14.2. The normalized spacial score (nSPS) is 18.4. The largest absolute Gasteiger partial charge is 0.444 e. The van der Waals surface area contributed by atoms with Crippen LogP contribution in [0.4, 0.5) is 4.79 Å². The summed E-state index contributed by atoms with van der Waals surface area (Å²) in [6.07, 6.45) is 5.82. The van der Waals surface area contributed by atoms with Crippen LogP contribution in [0.2, 0.25) is 0 Å². The lowest BCUT2D eigenvalue weighted by Crippen LogP contribution is -2.51. The van der Waals surface area contributed by atoms with Crippen molar-refractivity contribution in [3.05, 3.63) is 24.3 Å². The van der Waals surface area contributed by atoms with Crippen molar-refractivity contribution in [2.75, 3.05) is 20.1 Å². The predicted molar refractivity (Wildman–Crippen MR) is 85.0 cm³/mol. The minimum Gasteiger partial charge on any atom is -0.444 e. The van der Waals surface area contributed by atoms with E-state index in [2.05, 4.69) is 9.97 Å². The summed E-state index contributed by atoms with van der Waals surface area (Å²) in [5.74, 6) is -0.152. The number of aromatic nitrogens is 2. The summed E-state index contributed by atoms with van der Waals surface area (Å²) in [6.45, 7) is 6.65. The topological polar surface area (TPSA) is 75.6 Å². The van der Waals surface area contributed by atoms with Crippen molar-refractivity contribution >= 4 is 12.0 Å². The molecule has 0 unspecified atom stereocenters. The van der Waals surface area contributed by atoms with E-state index in [0.29, 0.717) is 18.8 Å². The van der Waals surface area contributed by atoms with Crippen molar-refractivity contribution in [2.24, 2.45) is 0 Å². The van der Waals surface area contributed by atoms with Crippen LogP contribution in [0.3, 0.4) is 0 Å². The standard InChI is InChI=1S/C16H24N4O3/c1-16(2,3)23-15(22)19(4)12-6-5-9-20(11-12)14(21)13-10-17-7-8-18-13/h7-8,10,12H,5-6,9,11H2,1-4H3/t12-/m0/s1. The third-order valence-corrected chi connectivity index (χ3v) is 3.70. The first-order valence-electron chi connectivity index (χ1n) is 7.79. The molecule has 1 saturated heterocycles. The second kappa shape index (κ2) is 6.93. The third-order valence-electron chi connectivity index (χ3n) is 3.70. The number of likely N-dealkylation sites (tertiary alicyclic amines) is 1. The average molecular weight is 320 g/mol. The maximum Gasteiger partial charge on any atom is 0.410 e. The molecule has 0 spiro atoms. The molecular weight excluding hydrogens is 296 g/mol. The highest BCUT2D eigenvalue weighted by Gasteiger charge is 2.31. The molecule has 1 aliphatic heterocycles. The van der Waals surface area contributed by atoms with E-state index in [9.17, 15) is 9.59 Å². The van der Waals surface area contributed by atoms with Crippen LogP contribution < -0.4 is 0 Å². The highest BCUT2D eigenvalue weighted by molar-refractivity contribution is 5.92. The van der Waals surface area contributed by atoms with Gasteiger partial charge in [0.1, 0.15) is 11.3 Å². The first-order valence-corrected chi connectivity index (χ1v) is 7.79. The molecule has 23 heavy (non-hydrogen) atoms. The summed E-state index contributed by atoms with van der Waals surface area (Å²) >= 11 is 0. The van der Waals surface area contributed by atoms with Gasteiger partial charge in [0.05, 0.1) is 12.2 Å². The molecule has 2 heterocycles. The van der Waals surface area contributed by atoms with E-state index in [1.165, 1.54) is 18.6 Å². The summed E-state index contributed by atoms with van der Waals surface area (Å²) in [5, 5.41) is 0. The number of piperidine rings is 1. The van der Waals surface area contributed by atoms with Crippen molar-refractivity contribution in [1.82, 2.24) is 19.8 Å². The van der Waals surface area contributed by atoms with Crippen molar-refractivity contribution in [3.63, 3.8) is 0 Å². The van der Waals surface area contributed by atoms with E-state index >= 15 is 0 Å². The number of ether oxygens (including phenoxy) is 1. The molecule has 1 aliphatic rings. The molecule has 1 fully saturated rings. The third kappa shape index (κ3) is 4.64. The first-order chi connectivity index (χ1) is 10.8. The lowest BCUT2D eigenvalue weighted by Gasteiger charge is -2.37. The lowest BCUT2D eigenvalue weighted by molar-refractivity contribution is 0.0131. The number of likely N-dealkylation sites (N-methyl/N-ethyl adjacent to an activating group) is 1. The molecule has 2 amide bonds. The summed E-state index contributed by atoms with van der Waals surface area (Å²) < 4.78 is 5.39. The van der Waals surface area contributed by atoms with Gasteiger partial charge in [-0.05, 0) is 33.6 Å². The second-order valence-corrected chi connectivity index (χ2v) is 6.73. The van der Waals surface area contributed by atoms with Gasteiger partial charge in [-0.1, -0.05) is 0 Å². The number of amides is 2. The SMILES string of the molecule is CN(C(=O)OC(C)(C)C)[C@H]1CCCN(C(=O)c2cnccn2)C1. The van der Waals surface area contributed by atoms with Gasteiger partial charge in [0.2, 0.25) is 0 Å². The fraction of sp³-hybridized carbons (Fsp3) is 0.625. The molecule has 7 nitrogen and oxygen atoms in total. The molecule has 0 bridgehead atoms.